The van der Waals surface area contributed by atoms with Gasteiger partial charge >= 0.3 is 0 Å². The Labute approximate surface area is 136 Å². The third-order valence-corrected chi connectivity index (χ3v) is 8.82. The van der Waals surface area contributed by atoms with E-state index in [2.05, 4.69) is 0 Å². The van der Waals surface area contributed by atoms with Crippen molar-refractivity contribution in [2.75, 3.05) is 40.3 Å². The molecule has 1 aromatic heterocycles. The number of rotatable bonds is 4. The molecule has 0 spiro atoms. The monoisotopic (exact) mass is 367 g/mol. The first-order valence-electron chi connectivity index (χ1n) is 6.90. The molecule has 1 aliphatic rings. The molecule has 0 amide bonds. The van der Waals surface area contributed by atoms with Gasteiger partial charge in [0.25, 0.3) is 20.2 Å². The van der Waals surface area contributed by atoms with Crippen molar-refractivity contribution in [1.29, 1.82) is 0 Å². The van der Waals surface area contributed by atoms with Crippen LogP contribution < -0.4 is 0 Å². The molecule has 1 aliphatic heterocycles. The molecule has 0 N–H and O–H groups in total. The van der Waals surface area contributed by atoms with Crippen LogP contribution in [-0.2, 0) is 20.2 Å². The first kappa shape index (κ1) is 17.8. The molecule has 1 fully saturated rings. The van der Waals surface area contributed by atoms with E-state index >= 15 is 0 Å². The topological polar surface area (TPSA) is 78.0 Å². The Morgan fingerprint density at radius 2 is 1.59 bits per heavy atom. The molecular formula is C12H21N3O4S3. The van der Waals surface area contributed by atoms with Crippen LogP contribution in [-0.4, -0.2) is 70.0 Å². The fourth-order valence-electron chi connectivity index (χ4n) is 2.25. The number of aryl methyl sites for hydroxylation is 1. The van der Waals surface area contributed by atoms with Crippen LogP contribution in [0.5, 0.6) is 0 Å². The van der Waals surface area contributed by atoms with Crippen molar-refractivity contribution in [2.45, 2.75) is 17.6 Å². The molecule has 7 nitrogen and oxygen atoms in total. The average Bonchev–Trinajstić information content (AvgIpc) is 2.73. The highest BCUT2D eigenvalue weighted by molar-refractivity contribution is 7.91. The zero-order chi connectivity index (χ0) is 16.5. The summed E-state index contributed by atoms with van der Waals surface area (Å²) >= 11 is 1.24. The fraction of sp³-hybridized carbons (Fsp3) is 0.667. The van der Waals surface area contributed by atoms with Gasteiger partial charge in [0.15, 0.2) is 0 Å². The standard InChI is InChI=1S/C12H21N3O4S3/c1-11-5-6-12(20-11)21(16,17)14-7-4-8-15(10-9-14)22(18,19)13(2)3/h5-6H,4,7-10H2,1-3H3. The number of sulfonamides is 1. The Morgan fingerprint density at radius 1 is 1.00 bits per heavy atom. The minimum atomic E-state index is -3.54. The van der Waals surface area contributed by atoms with Crippen LogP contribution in [0.3, 0.4) is 0 Å². The summed E-state index contributed by atoms with van der Waals surface area (Å²) < 4.78 is 53.7. The van der Waals surface area contributed by atoms with Gasteiger partial charge in [0.05, 0.1) is 0 Å². The summed E-state index contributed by atoms with van der Waals surface area (Å²) in [7, 11) is -4.09. The maximum atomic E-state index is 12.6. The summed E-state index contributed by atoms with van der Waals surface area (Å²) in [6.45, 7) is 2.86. The second-order valence-corrected chi connectivity index (χ2v) is 10.9. The van der Waals surface area contributed by atoms with Crippen molar-refractivity contribution in [1.82, 2.24) is 12.9 Å². The first-order valence-corrected chi connectivity index (χ1v) is 10.6. The lowest BCUT2D eigenvalue weighted by Crippen LogP contribution is -2.42. The van der Waals surface area contributed by atoms with Gasteiger partial charge in [-0.25, -0.2) is 8.42 Å². The van der Waals surface area contributed by atoms with Gasteiger partial charge in [-0.15, -0.1) is 11.3 Å². The van der Waals surface area contributed by atoms with E-state index in [0.29, 0.717) is 23.7 Å². The van der Waals surface area contributed by atoms with Crippen LogP contribution >= 0.6 is 11.3 Å². The normalized spacial score (nSPS) is 19.5. The maximum Gasteiger partial charge on any atom is 0.281 e. The summed E-state index contributed by atoms with van der Waals surface area (Å²) in [5, 5.41) is 0. The Hall–Kier alpha value is -0.520. The summed E-state index contributed by atoms with van der Waals surface area (Å²) in [5.74, 6) is 0. The van der Waals surface area contributed by atoms with Crippen molar-refractivity contribution in [3.05, 3.63) is 17.0 Å². The highest BCUT2D eigenvalue weighted by Gasteiger charge is 2.32. The zero-order valence-corrected chi connectivity index (χ0v) is 15.3. The lowest BCUT2D eigenvalue weighted by atomic mass is 10.4. The molecule has 0 saturated carbocycles. The van der Waals surface area contributed by atoms with E-state index in [4.69, 9.17) is 0 Å². The van der Waals surface area contributed by atoms with E-state index in [1.807, 2.05) is 6.92 Å². The Bertz CT molecular complexity index is 725. The van der Waals surface area contributed by atoms with E-state index in [0.717, 1.165) is 9.18 Å². The predicted octanol–water partition coefficient (Wildman–Crippen LogP) is 0.559. The third kappa shape index (κ3) is 3.52. The van der Waals surface area contributed by atoms with Crippen LogP contribution in [0.1, 0.15) is 11.3 Å². The van der Waals surface area contributed by atoms with E-state index in [1.54, 1.807) is 12.1 Å². The van der Waals surface area contributed by atoms with Gasteiger partial charge in [-0.1, -0.05) is 0 Å². The van der Waals surface area contributed by atoms with E-state index < -0.39 is 20.2 Å². The molecule has 2 heterocycles. The van der Waals surface area contributed by atoms with E-state index in [9.17, 15) is 16.8 Å². The third-order valence-electron chi connectivity index (χ3n) is 3.51. The smallest absolute Gasteiger partial charge is 0.206 e. The van der Waals surface area contributed by atoms with Gasteiger partial charge in [0.1, 0.15) is 4.21 Å². The van der Waals surface area contributed by atoms with Gasteiger partial charge in [-0.2, -0.15) is 21.3 Å². The summed E-state index contributed by atoms with van der Waals surface area (Å²) in [6, 6.07) is 3.38. The number of hydrogen-bond donors (Lipinski definition) is 0. The number of nitrogens with zero attached hydrogens (tertiary/aromatic N) is 3. The fourth-order valence-corrected chi connectivity index (χ4v) is 6.29. The summed E-state index contributed by atoms with van der Waals surface area (Å²) in [5.41, 5.74) is 0. The van der Waals surface area contributed by atoms with Gasteiger partial charge in [0.2, 0.25) is 0 Å². The lowest BCUT2D eigenvalue weighted by molar-refractivity contribution is 0.378. The minimum Gasteiger partial charge on any atom is -0.206 e. The molecule has 10 heteroatoms. The Morgan fingerprint density at radius 3 is 2.14 bits per heavy atom. The molecule has 0 unspecified atom stereocenters. The van der Waals surface area contributed by atoms with Gasteiger partial charge < -0.3 is 0 Å². The van der Waals surface area contributed by atoms with Crippen LogP contribution in [0.4, 0.5) is 0 Å². The lowest BCUT2D eigenvalue weighted by Gasteiger charge is -2.24. The highest BCUT2D eigenvalue weighted by atomic mass is 32.2. The molecule has 126 valence electrons. The SMILES string of the molecule is Cc1ccc(S(=O)(=O)N2CCCN(S(=O)(=O)N(C)C)CC2)s1. The van der Waals surface area contributed by atoms with Crippen LogP contribution in [0.15, 0.2) is 16.3 Å². The molecule has 0 bridgehead atoms. The average molecular weight is 368 g/mol. The van der Waals surface area contributed by atoms with E-state index in [1.165, 1.54) is 34.0 Å². The molecule has 22 heavy (non-hydrogen) atoms. The second kappa shape index (κ2) is 6.54. The zero-order valence-electron chi connectivity index (χ0n) is 12.9. The van der Waals surface area contributed by atoms with Crippen LogP contribution in [0.2, 0.25) is 0 Å². The van der Waals surface area contributed by atoms with E-state index in [-0.39, 0.29) is 13.1 Å². The summed E-state index contributed by atoms with van der Waals surface area (Å²) in [4.78, 5) is 0.935. The van der Waals surface area contributed by atoms with Gasteiger partial charge in [0, 0.05) is 45.2 Å². The van der Waals surface area contributed by atoms with Gasteiger partial charge in [-0.05, 0) is 25.5 Å². The quantitative estimate of drug-likeness (QED) is 0.779. The van der Waals surface area contributed by atoms with Crippen molar-refractivity contribution in [3.8, 4) is 0 Å². The Kier molecular flexibility index (Phi) is 5.30. The molecule has 0 aromatic carbocycles. The highest BCUT2D eigenvalue weighted by Crippen LogP contribution is 2.25. The van der Waals surface area contributed by atoms with Crippen molar-refractivity contribution in [3.63, 3.8) is 0 Å². The molecule has 0 aliphatic carbocycles. The van der Waals surface area contributed by atoms with Crippen molar-refractivity contribution < 1.29 is 16.8 Å². The molecule has 1 aromatic rings. The maximum absolute atomic E-state index is 12.6. The molecule has 1 saturated heterocycles. The number of hydrogen-bond acceptors (Lipinski definition) is 5. The minimum absolute atomic E-state index is 0.171. The predicted molar refractivity (Wildman–Crippen MR) is 86.6 cm³/mol. The summed E-state index contributed by atoms with van der Waals surface area (Å²) in [6.07, 6.45) is 0.483. The molecular weight excluding hydrogens is 346 g/mol. The van der Waals surface area contributed by atoms with Crippen LogP contribution in [0, 0.1) is 6.92 Å². The van der Waals surface area contributed by atoms with Crippen molar-refractivity contribution in [2.24, 2.45) is 0 Å². The van der Waals surface area contributed by atoms with Crippen LogP contribution in [0.25, 0.3) is 0 Å². The number of thiophene rings is 1. The molecule has 2 rings (SSSR count). The second-order valence-electron chi connectivity index (χ2n) is 5.31. The first-order chi connectivity index (χ1) is 10.2. The molecule has 0 radical (unpaired) electrons. The van der Waals surface area contributed by atoms with Gasteiger partial charge in [-0.3, -0.25) is 0 Å². The van der Waals surface area contributed by atoms with Crippen molar-refractivity contribution >= 4 is 31.6 Å². The Balaban J connectivity index is 2.17. The largest absolute Gasteiger partial charge is 0.281 e. The molecule has 0 atom stereocenters.